The van der Waals surface area contributed by atoms with Gasteiger partial charge in [0.25, 0.3) is 6.43 Å². The van der Waals surface area contributed by atoms with Gasteiger partial charge in [-0.2, -0.15) is 0 Å². The molecule has 0 aliphatic rings. The summed E-state index contributed by atoms with van der Waals surface area (Å²) in [4.78, 5) is 3.11. The molecule has 2 N–H and O–H groups in total. The number of ether oxygens (including phenoxy) is 1. The van der Waals surface area contributed by atoms with Crippen LogP contribution in [0.3, 0.4) is 0 Å². The van der Waals surface area contributed by atoms with Gasteiger partial charge < -0.3 is 10.5 Å². The second-order valence-electron chi connectivity index (χ2n) is 2.87. The fraction of sp³-hybridized carbons (Fsp3) is 0.375. The summed E-state index contributed by atoms with van der Waals surface area (Å²) in [6.07, 6.45) is -7.98. The lowest BCUT2D eigenvalue weighted by Crippen LogP contribution is -2.19. The SMILES string of the molecule is NCc1cc(OC(F)(F)F)nc(C(F)F)c1I. The van der Waals surface area contributed by atoms with Crippen molar-refractivity contribution >= 4 is 22.6 Å². The lowest BCUT2D eigenvalue weighted by atomic mass is 10.2. The summed E-state index contributed by atoms with van der Waals surface area (Å²) in [5.41, 5.74) is 4.59. The van der Waals surface area contributed by atoms with Crippen molar-refractivity contribution in [1.29, 1.82) is 0 Å². The number of halogens is 6. The third kappa shape index (κ3) is 3.91. The van der Waals surface area contributed by atoms with Crippen LogP contribution in [0, 0.1) is 3.57 Å². The molecule has 0 fully saturated rings. The van der Waals surface area contributed by atoms with E-state index in [0.717, 1.165) is 6.07 Å². The van der Waals surface area contributed by atoms with Gasteiger partial charge in [0.15, 0.2) is 0 Å². The Kier molecular flexibility index (Phi) is 4.47. The summed E-state index contributed by atoms with van der Waals surface area (Å²) in [6, 6.07) is 0.890. The van der Waals surface area contributed by atoms with Gasteiger partial charge in [-0.25, -0.2) is 13.8 Å². The summed E-state index contributed by atoms with van der Waals surface area (Å²) in [7, 11) is 0. The van der Waals surface area contributed by atoms with Gasteiger partial charge in [-0.05, 0) is 28.2 Å². The normalized spacial score (nSPS) is 12.0. The van der Waals surface area contributed by atoms with Crippen LogP contribution >= 0.6 is 22.6 Å². The van der Waals surface area contributed by atoms with E-state index in [2.05, 4.69) is 9.72 Å². The summed E-state index contributed by atoms with van der Waals surface area (Å²) in [5, 5.41) is 0. The number of rotatable bonds is 3. The average Bonchev–Trinajstić information content (AvgIpc) is 2.17. The molecule has 3 nitrogen and oxygen atoms in total. The second kappa shape index (κ2) is 5.29. The highest BCUT2D eigenvalue weighted by molar-refractivity contribution is 14.1. The maximum absolute atomic E-state index is 12.5. The molecular weight excluding hydrogens is 362 g/mol. The first kappa shape index (κ1) is 14.4. The molecule has 1 rings (SSSR count). The van der Waals surface area contributed by atoms with Crippen LogP contribution in [-0.4, -0.2) is 11.3 Å². The fourth-order valence-corrected chi connectivity index (χ4v) is 1.77. The minimum Gasteiger partial charge on any atom is -0.388 e. The maximum atomic E-state index is 12.5. The minimum absolute atomic E-state index is 0.0367. The monoisotopic (exact) mass is 368 g/mol. The Morgan fingerprint density at radius 3 is 2.41 bits per heavy atom. The molecule has 0 spiro atoms. The number of aromatic nitrogens is 1. The van der Waals surface area contributed by atoms with E-state index in [9.17, 15) is 22.0 Å². The Labute approximate surface area is 106 Å². The van der Waals surface area contributed by atoms with E-state index in [1.807, 2.05) is 0 Å². The highest BCUT2D eigenvalue weighted by Crippen LogP contribution is 2.30. The van der Waals surface area contributed by atoms with Crippen molar-refractivity contribution in [3.05, 3.63) is 20.9 Å². The van der Waals surface area contributed by atoms with Gasteiger partial charge in [0.2, 0.25) is 5.88 Å². The summed E-state index contributed by atoms with van der Waals surface area (Å²) >= 11 is 1.55. The smallest absolute Gasteiger partial charge is 0.388 e. The van der Waals surface area contributed by atoms with Gasteiger partial charge >= 0.3 is 6.36 Å². The first-order valence-electron chi connectivity index (χ1n) is 4.18. The molecule has 0 radical (unpaired) electrons. The Bertz CT molecular complexity index is 410. The molecular formula is C8H6F5IN2O. The van der Waals surface area contributed by atoms with Crippen molar-refractivity contribution in [3.63, 3.8) is 0 Å². The Balaban J connectivity index is 3.21. The Morgan fingerprint density at radius 1 is 1.41 bits per heavy atom. The molecule has 0 saturated heterocycles. The Morgan fingerprint density at radius 2 is 2.00 bits per heavy atom. The van der Waals surface area contributed by atoms with Gasteiger partial charge in [0.1, 0.15) is 5.69 Å². The molecule has 0 saturated carbocycles. The molecule has 9 heteroatoms. The van der Waals surface area contributed by atoms with Crippen molar-refractivity contribution in [2.45, 2.75) is 19.3 Å². The van der Waals surface area contributed by atoms with E-state index in [4.69, 9.17) is 5.73 Å². The quantitative estimate of drug-likeness (QED) is 0.659. The number of hydrogen-bond donors (Lipinski definition) is 1. The largest absolute Gasteiger partial charge is 0.574 e. The zero-order chi connectivity index (χ0) is 13.2. The molecule has 1 aromatic heterocycles. The molecule has 17 heavy (non-hydrogen) atoms. The molecule has 0 aliphatic carbocycles. The van der Waals surface area contributed by atoms with Crippen LogP contribution in [0.4, 0.5) is 22.0 Å². The van der Waals surface area contributed by atoms with Gasteiger partial charge in [-0.1, -0.05) is 0 Å². The summed E-state index contributed by atoms with van der Waals surface area (Å²) in [5.74, 6) is -0.936. The predicted octanol–water partition coefficient (Wildman–Crippen LogP) is 2.98. The van der Waals surface area contributed by atoms with Gasteiger partial charge in [-0.3, -0.25) is 0 Å². The van der Waals surface area contributed by atoms with Crippen molar-refractivity contribution in [2.75, 3.05) is 0 Å². The summed E-state index contributed by atoms with van der Waals surface area (Å²) < 4.78 is 64.3. The average molecular weight is 368 g/mol. The van der Waals surface area contributed by atoms with Crippen molar-refractivity contribution in [2.24, 2.45) is 5.73 Å². The van der Waals surface area contributed by atoms with Crippen LogP contribution in [0.2, 0.25) is 0 Å². The number of nitrogens with zero attached hydrogens (tertiary/aromatic N) is 1. The molecule has 0 aromatic carbocycles. The zero-order valence-corrected chi connectivity index (χ0v) is 10.2. The van der Waals surface area contributed by atoms with E-state index in [1.165, 1.54) is 0 Å². The maximum Gasteiger partial charge on any atom is 0.574 e. The Hall–Kier alpha value is -0.710. The molecule has 0 bridgehead atoms. The predicted molar refractivity (Wildman–Crippen MR) is 56.5 cm³/mol. The lowest BCUT2D eigenvalue weighted by Gasteiger charge is -2.12. The van der Waals surface area contributed by atoms with Gasteiger partial charge in [0.05, 0.1) is 0 Å². The van der Waals surface area contributed by atoms with Crippen molar-refractivity contribution in [1.82, 2.24) is 4.98 Å². The van der Waals surface area contributed by atoms with Crippen LogP contribution in [0.5, 0.6) is 5.88 Å². The van der Waals surface area contributed by atoms with Crippen LogP contribution < -0.4 is 10.5 Å². The van der Waals surface area contributed by atoms with Crippen LogP contribution in [0.15, 0.2) is 6.07 Å². The molecule has 0 atom stereocenters. The molecule has 0 unspecified atom stereocenters. The first-order valence-corrected chi connectivity index (χ1v) is 5.25. The first-order chi connectivity index (χ1) is 7.74. The molecule has 1 aromatic rings. The number of nitrogens with two attached hydrogens (primary N) is 1. The lowest BCUT2D eigenvalue weighted by molar-refractivity contribution is -0.276. The third-order valence-corrected chi connectivity index (χ3v) is 2.93. The summed E-state index contributed by atoms with van der Waals surface area (Å²) in [6.45, 7) is -0.186. The number of hydrogen-bond acceptors (Lipinski definition) is 3. The van der Waals surface area contributed by atoms with Crippen LogP contribution in [-0.2, 0) is 6.54 Å². The number of alkyl halides is 5. The number of pyridine rings is 1. The van der Waals surface area contributed by atoms with Crippen LogP contribution in [0.25, 0.3) is 0 Å². The second-order valence-corrected chi connectivity index (χ2v) is 3.95. The topological polar surface area (TPSA) is 48.1 Å². The van der Waals surface area contributed by atoms with Gasteiger partial charge in [-0.15, -0.1) is 13.2 Å². The molecule has 0 amide bonds. The van der Waals surface area contributed by atoms with Crippen molar-refractivity contribution in [3.8, 4) is 5.88 Å². The molecule has 0 aliphatic heterocycles. The minimum atomic E-state index is -4.98. The van der Waals surface area contributed by atoms with E-state index in [-0.39, 0.29) is 15.7 Å². The van der Waals surface area contributed by atoms with E-state index in [0.29, 0.717) is 0 Å². The zero-order valence-electron chi connectivity index (χ0n) is 8.06. The molecule has 1 heterocycles. The van der Waals surface area contributed by atoms with E-state index in [1.54, 1.807) is 22.6 Å². The van der Waals surface area contributed by atoms with E-state index >= 15 is 0 Å². The standard InChI is InChI=1S/C8H6F5IN2O/c9-7(10)6-5(14)3(2-15)1-4(16-6)17-8(11,12)13/h1,7H,2,15H2. The van der Waals surface area contributed by atoms with Gasteiger partial charge in [0, 0.05) is 16.2 Å². The van der Waals surface area contributed by atoms with Crippen molar-refractivity contribution < 1.29 is 26.7 Å². The highest BCUT2D eigenvalue weighted by atomic mass is 127. The fourth-order valence-electron chi connectivity index (χ4n) is 1.04. The van der Waals surface area contributed by atoms with E-state index < -0.39 is 24.4 Å². The van der Waals surface area contributed by atoms with Crippen LogP contribution in [0.1, 0.15) is 17.7 Å². The highest BCUT2D eigenvalue weighted by Gasteiger charge is 2.32. The third-order valence-electron chi connectivity index (χ3n) is 1.68. The molecule has 96 valence electrons.